The van der Waals surface area contributed by atoms with Crippen molar-refractivity contribution in [2.45, 2.75) is 59.2 Å². The lowest BCUT2D eigenvalue weighted by atomic mass is 10.2. The van der Waals surface area contributed by atoms with Crippen LogP contribution in [0.3, 0.4) is 0 Å². The van der Waals surface area contributed by atoms with E-state index in [1.165, 1.54) is 25.2 Å². The van der Waals surface area contributed by atoms with E-state index in [1.54, 1.807) is 0 Å². The van der Waals surface area contributed by atoms with Crippen LogP contribution in [0.1, 0.15) is 38.1 Å². The summed E-state index contributed by atoms with van der Waals surface area (Å²) in [6, 6.07) is 3.51. The molecule has 4 nitrogen and oxygen atoms in total. The third-order valence-corrected chi connectivity index (χ3v) is 4.03. The maximum absolute atomic E-state index is 4.50. The minimum absolute atomic E-state index is 0.682. The molecule has 0 aliphatic carbocycles. The Hall–Kier alpha value is -0.870. The highest BCUT2D eigenvalue weighted by Crippen LogP contribution is 2.12. The summed E-state index contributed by atoms with van der Waals surface area (Å²) in [5.74, 6) is 0. The molecule has 0 radical (unpaired) electrons. The highest BCUT2D eigenvalue weighted by Gasteiger charge is 2.23. The highest BCUT2D eigenvalue weighted by molar-refractivity contribution is 5.06. The Morgan fingerprint density at radius 2 is 2.21 bits per heavy atom. The normalized spacial score (nSPS) is 20.6. The van der Waals surface area contributed by atoms with Crippen LogP contribution in [0.25, 0.3) is 0 Å². The lowest BCUT2D eigenvalue weighted by molar-refractivity contribution is 0.268. The van der Waals surface area contributed by atoms with E-state index in [4.69, 9.17) is 0 Å². The predicted octanol–water partition coefficient (Wildman–Crippen LogP) is 1.96. The summed E-state index contributed by atoms with van der Waals surface area (Å²) >= 11 is 0. The Labute approximate surface area is 117 Å². The average Bonchev–Trinajstić information content (AvgIpc) is 2.92. The Balaban J connectivity index is 1.64. The molecule has 2 heterocycles. The van der Waals surface area contributed by atoms with Crippen LogP contribution in [0, 0.1) is 13.8 Å². The van der Waals surface area contributed by atoms with Crippen LogP contribution in [-0.4, -0.2) is 46.4 Å². The Bertz CT molecular complexity index is 397. The van der Waals surface area contributed by atoms with Gasteiger partial charge in [-0.2, -0.15) is 5.10 Å². The smallest absolute Gasteiger partial charge is 0.0596 e. The molecule has 4 heteroatoms. The van der Waals surface area contributed by atoms with Crippen molar-refractivity contribution < 1.29 is 0 Å². The fourth-order valence-corrected chi connectivity index (χ4v) is 2.86. The number of aryl methyl sites for hydroxylation is 3. The summed E-state index contributed by atoms with van der Waals surface area (Å²) in [7, 11) is 0. The Morgan fingerprint density at radius 3 is 2.79 bits per heavy atom. The molecule has 2 rings (SSSR count). The van der Waals surface area contributed by atoms with Gasteiger partial charge in [0.15, 0.2) is 0 Å². The first-order chi connectivity index (χ1) is 9.06. The van der Waals surface area contributed by atoms with Crippen LogP contribution in [0.15, 0.2) is 6.07 Å². The van der Waals surface area contributed by atoms with Gasteiger partial charge in [0.25, 0.3) is 0 Å². The lowest BCUT2D eigenvalue weighted by Gasteiger charge is -2.20. The van der Waals surface area contributed by atoms with Gasteiger partial charge in [-0.25, -0.2) is 0 Å². The largest absolute Gasteiger partial charge is 0.313 e. The molecule has 1 fully saturated rings. The molecule has 1 aliphatic heterocycles. The van der Waals surface area contributed by atoms with E-state index >= 15 is 0 Å². The average molecular weight is 264 g/mol. The van der Waals surface area contributed by atoms with Crippen molar-refractivity contribution in [2.24, 2.45) is 0 Å². The number of nitrogens with one attached hydrogen (secondary N) is 1. The van der Waals surface area contributed by atoms with Crippen LogP contribution < -0.4 is 5.32 Å². The maximum Gasteiger partial charge on any atom is 0.0596 e. The molecule has 0 bridgehead atoms. The number of nitrogens with zero attached hydrogens (tertiary/aromatic N) is 3. The summed E-state index contributed by atoms with van der Waals surface area (Å²) in [4.78, 5) is 2.55. The van der Waals surface area contributed by atoms with Crippen molar-refractivity contribution in [3.05, 3.63) is 17.5 Å². The van der Waals surface area contributed by atoms with Gasteiger partial charge in [0.1, 0.15) is 0 Å². The highest BCUT2D eigenvalue weighted by atomic mass is 15.3. The summed E-state index contributed by atoms with van der Waals surface area (Å²) in [5, 5.41) is 8.18. The second-order valence-corrected chi connectivity index (χ2v) is 6.03. The van der Waals surface area contributed by atoms with Crippen LogP contribution in [0.5, 0.6) is 0 Å². The summed E-state index contributed by atoms with van der Waals surface area (Å²) < 4.78 is 2.12. The number of aromatic nitrogens is 2. The van der Waals surface area contributed by atoms with E-state index in [-0.39, 0.29) is 0 Å². The molecule has 1 N–H and O–H groups in total. The molecule has 1 aliphatic rings. The van der Waals surface area contributed by atoms with Crippen LogP contribution >= 0.6 is 0 Å². The SMILES string of the molecule is Cc1cc(C)n(CCCNC2CCN(C(C)C)C2)n1. The van der Waals surface area contributed by atoms with Gasteiger partial charge in [-0.3, -0.25) is 9.58 Å². The number of hydrogen-bond acceptors (Lipinski definition) is 3. The molecule has 19 heavy (non-hydrogen) atoms. The van der Waals surface area contributed by atoms with Crippen LogP contribution in [0.2, 0.25) is 0 Å². The zero-order chi connectivity index (χ0) is 13.8. The summed E-state index contributed by atoms with van der Waals surface area (Å²) in [5.41, 5.74) is 2.39. The molecule has 1 saturated heterocycles. The summed E-state index contributed by atoms with van der Waals surface area (Å²) in [6.45, 7) is 13.3. The van der Waals surface area contributed by atoms with E-state index in [1.807, 2.05) is 0 Å². The third-order valence-electron chi connectivity index (χ3n) is 4.03. The standard InChI is InChI=1S/C15H28N4/c1-12(2)18-9-6-15(11-18)16-7-5-8-19-14(4)10-13(3)17-19/h10,12,15-16H,5-9,11H2,1-4H3. The van der Waals surface area contributed by atoms with Crippen molar-refractivity contribution >= 4 is 0 Å². The van der Waals surface area contributed by atoms with Gasteiger partial charge < -0.3 is 5.32 Å². The monoisotopic (exact) mass is 264 g/mol. The van der Waals surface area contributed by atoms with Gasteiger partial charge in [0.2, 0.25) is 0 Å². The van der Waals surface area contributed by atoms with Crippen LogP contribution in [-0.2, 0) is 6.54 Å². The van der Waals surface area contributed by atoms with E-state index in [2.05, 4.69) is 53.8 Å². The zero-order valence-electron chi connectivity index (χ0n) is 12.8. The van der Waals surface area contributed by atoms with Crippen molar-refractivity contribution in [1.82, 2.24) is 20.0 Å². The summed E-state index contributed by atoms with van der Waals surface area (Å²) in [6.07, 6.45) is 2.44. The molecule has 0 aromatic carbocycles. The minimum atomic E-state index is 0.682. The van der Waals surface area contributed by atoms with E-state index < -0.39 is 0 Å². The molecule has 0 spiro atoms. The third kappa shape index (κ3) is 4.05. The fraction of sp³-hybridized carbons (Fsp3) is 0.800. The first-order valence-electron chi connectivity index (χ1n) is 7.54. The number of likely N-dealkylation sites (tertiary alicyclic amines) is 1. The van der Waals surface area contributed by atoms with Gasteiger partial charge in [0.05, 0.1) is 5.69 Å². The van der Waals surface area contributed by atoms with Crippen molar-refractivity contribution in [1.29, 1.82) is 0 Å². The van der Waals surface area contributed by atoms with E-state index in [0.29, 0.717) is 12.1 Å². The van der Waals surface area contributed by atoms with Gasteiger partial charge in [-0.15, -0.1) is 0 Å². The maximum atomic E-state index is 4.50. The Kier molecular flexibility index (Phi) is 4.99. The van der Waals surface area contributed by atoms with Gasteiger partial charge in [0, 0.05) is 30.9 Å². The molecule has 1 aromatic heterocycles. The predicted molar refractivity (Wildman–Crippen MR) is 79.4 cm³/mol. The molecule has 108 valence electrons. The van der Waals surface area contributed by atoms with E-state index in [0.717, 1.165) is 25.2 Å². The zero-order valence-corrected chi connectivity index (χ0v) is 12.8. The van der Waals surface area contributed by atoms with Crippen molar-refractivity contribution in [3.8, 4) is 0 Å². The molecular weight excluding hydrogens is 236 g/mol. The second-order valence-electron chi connectivity index (χ2n) is 6.03. The quantitative estimate of drug-likeness (QED) is 0.797. The number of rotatable bonds is 6. The van der Waals surface area contributed by atoms with Crippen molar-refractivity contribution in [2.75, 3.05) is 19.6 Å². The van der Waals surface area contributed by atoms with Crippen LogP contribution in [0.4, 0.5) is 0 Å². The second kappa shape index (κ2) is 6.53. The molecular formula is C15H28N4. The molecule has 1 unspecified atom stereocenters. The topological polar surface area (TPSA) is 33.1 Å². The minimum Gasteiger partial charge on any atom is -0.313 e. The Morgan fingerprint density at radius 1 is 1.42 bits per heavy atom. The number of hydrogen-bond donors (Lipinski definition) is 1. The first kappa shape index (κ1) is 14.5. The fourth-order valence-electron chi connectivity index (χ4n) is 2.86. The van der Waals surface area contributed by atoms with E-state index in [9.17, 15) is 0 Å². The van der Waals surface area contributed by atoms with Gasteiger partial charge in [-0.05, 0) is 59.7 Å². The molecule has 1 aromatic rings. The molecule has 0 amide bonds. The molecule has 0 saturated carbocycles. The van der Waals surface area contributed by atoms with Gasteiger partial charge in [-0.1, -0.05) is 0 Å². The first-order valence-corrected chi connectivity index (χ1v) is 7.54. The van der Waals surface area contributed by atoms with Crippen molar-refractivity contribution in [3.63, 3.8) is 0 Å². The molecule has 1 atom stereocenters. The van der Waals surface area contributed by atoms with Gasteiger partial charge >= 0.3 is 0 Å². The lowest BCUT2D eigenvalue weighted by Crippen LogP contribution is -2.35.